The van der Waals surface area contributed by atoms with E-state index in [1.807, 2.05) is 7.11 Å². The van der Waals surface area contributed by atoms with Gasteiger partial charge >= 0.3 is 0 Å². The monoisotopic (exact) mass is 434 g/mol. The van der Waals surface area contributed by atoms with Gasteiger partial charge in [-0.05, 0) is 97.6 Å². The van der Waals surface area contributed by atoms with E-state index in [2.05, 4.69) is 47.7 Å². The lowest BCUT2D eigenvalue weighted by Crippen LogP contribution is -2.59. The van der Waals surface area contributed by atoms with Gasteiger partial charge < -0.3 is 14.3 Å². The molecule has 5 saturated carbocycles. The van der Waals surface area contributed by atoms with Gasteiger partial charge in [0.15, 0.2) is 8.32 Å². The summed E-state index contributed by atoms with van der Waals surface area (Å²) in [5.74, 6) is 2.63. The quantitative estimate of drug-likeness (QED) is 0.552. The highest BCUT2D eigenvalue weighted by molar-refractivity contribution is 6.74. The largest absolute Gasteiger partial charge is 0.413 e. The molecule has 0 unspecified atom stereocenters. The minimum absolute atomic E-state index is 0.108. The summed E-state index contributed by atoms with van der Waals surface area (Å²) in [5.41, 5.74) is 0.981. The van der Waals surface area contributed by atoms with Crippen LogP contribution in [0.1, 0.15) is 79.6 Å². The van der Waals surface area contributed by atoms with E-state index in [-0.39, 0.29) is 22.7 Å². The van der Waals surface area contributed by atoms with Crippen molar-refractivity contribution in [2.24, 2.45) is 39.9 Å². The number of rotatable bonds is 3. The van der Waals surface area contributed by atoms with Gasteiger partial charge in [0, 0.05) is 12.5 Å². The lowest BCUT2D eigenvalue weighted by Gasteiger charge is -2.61. The minimum Gasteiger partial charge on any atom is -0.413 e. The molecular weight excluding hydrogens is 388 g/mol. The van der Waals surface area contributed by atoms with Gasteiger partial charge in [-0.3, -0.25) is 0 Å². The van der Waals surface area contributed by atoms with Gasteiger partial charge in [-0.2, -0.15) is 0 Å². The van der Waals surface area contributed by atoms with E-state index in [0.29, 0.717) is 28.8 Å². The van der Waals surface area contributed by atoms with E-state index < -0.39 is 8.32 Å². The van der Waals surface area contributed by atoms with Gasteiger partial charge in [0.1, 0.15) is 0 Å². The first-order valence-corrected chi connectivity index (χ1v) is 15.6. The van der Waals surface area contributed by atoms with Gasteiger partial charge in [-0.15, -0.1) is 0 Å². The highest BCUT2D eigenvalue weighted by Gasteiger charge is 2.78. The van der Waals surface area contributed by atoms with Crippen LogP contribution >= 0.6 is 0 Å². The molecule has 5 aliphatic carbocycles. The van der Waals surface area contributed by atoms with Crippen LogP contribution < -0.4 is 0 Å². The van der Waals surface area contributed by atoms with Gasteiger partial charge in [0.05, 0.1) is 18.3 Å². The van der Waals surface area contributed by atoms with Crippen molar-refractivity contribution in [3.8, 4) is 0 Å². The second-order valence-corrected chi connectivity index (χ2v) is 18.6. The zero-order valence-corrected chi connectivity index (χ0v) is 21.8. The van der Waals surface area contributed by atoms with E-state index in [1.165, 1.54) is 32.1 Å². The van der Waals surface area contributed by atoms with Crippen LogP contribution in [0, 0.1) is 39.9 Å². The number of aliphatic hydroxyl groups excluding tert-OH is 1. The molecule has 1 spiro atoms. The molecule has 3 nitrogen and oxygen atoms in total. The Bertz CT molecular complexity index is 716. The summed E-state index contributed by atoms with van der Waals surface area (Å²) in [6.45, 7) is 16.8. The Balaban J connectivity index is 1.46. The van der Waals surface area contributed by atoms with Crippen LogP contribution in [-0.4, -0.2) is 38.8 Å². The molecule has 4 heteroatoms. The molecule has 30 heavy (non-hydrogen) atoms. The van der Waals surface area contributed by atoms with Gasteiger partial charge in [-0.1, -0.05) is 34.6 Å². The maximum Gasteiger partial charge on any atom is 0.192 e. The van der Waals surface area contributed by atoms with Crippen molar-refractivity contribution in [2.45, 2.75) is 116 Å². The van der Waals surface area contributed by atoms with Crippen molar-refractivity contribution < 1.29 is 14.3 Å². The first-order chi connectivity index (χ1) is 13.8. The van der Waals surface area contributed by atoms with E-state index in [0.717, 1.165) is 24.7 Å². The van der Waals surface area contributed by atoms with E-state index >= 15 is 0 Å². The van der Waals surface area contributed by atoms with Crippen molar-refractivity contribution in [3.05, 3.63) is 0 Å². The zero-order valence-electron chi connectivity index (χ0n) is 20.8. The van der Waals surface area contributed by atoms with Crippen molar-refractivity contribution in [2.75, 3.05) is 7.11 Å². The topological polar surface area (TPSA) is 38.7 Å². The first-order valence-electron chi connectivity index (χ1n) is 12.7. The zero-order chi connectivity index (χ0) is 21.9. The predicted molar refractivity (Wildman–Crippen MR) is 124 cm³/mol. The summed E-state index contributed by atoms with van der Waals surface area (Å²) in [4.78, 5) is 0. The van der Waals surface area contributed by atoms with Crippen molar-refractivity contribution in [1.29, 1.82) is 0 Å². The Hall–Kier alpha value is 0.0969. The molecule has 5 rings (SSSR count). The third-order valence-corrected chi connectivity index (χ3v) is 16.5. The van der Waals surface area contributed by atoms with Crippen LogP contribution in [0.2, 0.25) is 18.1 Å². The summed E-state index contributed by atoms with van der Waals surface area (Å²) in [6.07, 6.45) is 9.11. The van der Waals surface area contributed by atoms with E-state index in [9.17, 15) is 5.11 Å². The Kier molecular flexibility index (Phi) is 4.65. The molecule has 172 valence electrons. The van der Waals surface area contributed by atoms with Gasteiger partial charge in [0.2, 0.25) is 0 Å². The molecule has 0 amide bonds. The third-order valence-electron chi connectivity index (χ3n) is 12.0. The van der Waals surface area contributed by atoms with Crippen molar-refractivity contribution in [1.82, 2.24) is 0 Å². The first kappa shape index (κ1) is 21.9. The smallest absolute Gasteiger partial charge is 0.192 e. The average Bonchev–Trinajstić information content (AvgIpc) is 3.21. The Morgan fingerprint density at radius 1 is 1.00 bits per heavy atom. The second kappa shape index (κ2) is 6.36. The number of aliphatic hydroxyl groups is 1. The van der Waals surface area contributed by atoms with E-state index in [1.54, 1.807) is 0 Å². The van der Waals surface area contributed by atoms with Crippen LogP contribution in [0.15, 0.2) is 0 Å². The fourth-order valence-electron chi connectivity index (χ4n) is 9.31. The molecule has 0 heterocycles. The molecule has 0 aromatic heterocycles. The van der Waals surface area contributed by atoms with Gasteiger partial charge in [0.25, 0.3) is 0 Å². The molecule has 0 aliphatic heterocycles. The average molecular weight is 435 g/mol. The van der Waals surface area contributed by atoms with E-state index in [4.69, 9.17) is 9.16 Å². The highest BCUT2D eigenvalue weighted by Crippen LogP contribution is 2.82. The summed E-state index contributed by atoms with van der Waals surface area (Å²) in [6, 6.07) is 0. The number of fused-ring (bicyclic) bond motifs is 4. The molecule has 10 atom stereocenters. The SMILES string of the molecule is CO[C@H]1C[C@H]2[C@@H]3[C@@H](O)C[C@H](O[Si](C)(C)C(C)(C)C)[C@@]3(C)CC[C@@H]2[C@@]2(C)CC[C@@H]3C[C@]312. The van der Waals surface area contributed by atoms with Gasteiger partial charge in [-0.25, -0.2) is 0 Å². The third kappa shape index (κ3) is 2.54. The summed E-state index contributed by atoms with van der Waals surface area (Å²) < 4.78 is 13.3. The van der Waals surface area contributed by atoms with Crippen molar-refractivity contribution >= 4 is 8.32 Å². The predicted octanol–water partition coefficient (Wildman–Crippen LogP) is 6.02. The second-order valence-electron chi connectivity index (χ2n) is 13.9. The molecule has 0 radical (unpaired) electrons. The normalized spacial score (nSPS) is 54.9. The Morgan fingerprint density at radius 3 is 2.30 bits per heavy atom. The van der Waals surface area contributed by atoms with Crippen LogP contribution in [-0.2, 0) is 9.16 Å². The number of hydrogen-bond acceptors (Lipinski definition) is 3. The molecule has 0 aromatic rings. The van der Waals surface area contributed by atoms with Crippen molar-refractivity contribution in [3.63, 3.8) is 0 Å². The van der Waals surface area contributed by atoms with Crippen LogP contribution in [0.5, 0.6) is 0 Å². The fraction of sp³-hybridized carbons (Fsp3) is 1.00. The molecule has 0 bridgehead atoms. The number of hydrogen-bond donors (Lipinski definition) is 1. The molecule has 5 fully saturated rings. The lowest BCUT2D eigenvalue weighted by atomic mass is 9.46. The molecule has 0 saturated heterocycles. The van der Waals surface area contributed by atoms with Crippen LogP contribution in [0.3, 0.4) is 0 Å². The lowest BCUT2D eigenvalue weighted by molar-refractivity contribution is -0.172. The Labute approximate surface area is 185 Å². The van der Waals surface area contributed by atoms with Crippen LogP contribution in [0.25, 0.3) is 0 Å². The number of ether oxygens (including phenoxy) is 1. The Morgan fingerprint density at radius 2 is 1.70 bits per heavy atom. The minimum atomic E-state index is -1.86. The molecular formula is C26H46O3Si. The molecule has 1 N–H and O–H groups in total. The number of methoxy groups -OCH3 is 1. The fourth-order valence-corrected chi connectivity index (χ4v) is 10.7. The maximum atomic E-state index is 11.5. The summed E-state index contributed by atoms with van der Waals surface area (Å²) in [5, 5.41) is 11.7. The standard InChI is InChI=1S/C26H46O3Si/c1-23(2,3)30(7,8)29-20-14-19(27)22-17-13-21(28-6)26-15-16(26)9-12-25(26,5)18(17)10-11-24(20,22)4/h16-22,27H,9-15H2,1-8H3/t16-,17-,18+,19+,20+,21+,22-,24-,25-,26+/m1/s1. The molecule has 0 aromatic carbocycles. The molecule has 5 aliphatic rings. The van der Waals surface area contributed by atoms with Crippen LogP contribution in [0.4, 0.5) is 0 Å². The summed E-state index contributed by atoms with van der Waals surface area (Å²) in [7, 11) is 0.0846. The highest BCUT2D eigenvalue weighted by atomic mass is 28.4. The maximum absolute atomic E-state index is 11.5. The summed E-state index contributed by atoms with van der Waals surface area (Å²) >= 11 is 0.